The summed E-state index contributed by atoms with van der Waals surface area (Å²) in [5, 5.41) is 25.9. The molecule has 0 radical (unpaired) electrons. The molecule has 4 rings (SSSR count). The van der Waals surface area contributed by atoms with Crippen LogP contribution >= 0.6 is 0 Å². The van der Waals surface area contributed by atoms with E-state index < -0.39 is 84.1 Å². The number of ether oxygens (including phenoxy) is 2. The number of aliphatic imine (C=N–C) groups is 1. The molecule has 3 aromatic carbocycles. The Bertz CT molecular complexity index is 2050. The monoisotopic (exact) mass is 885 g/mol. The number of phenols is 1. The van der Waals surface area contributed by atoms with Gasteiger partial charge in [0.05, 0.1) is 6.42 Å². The summed E-state index contributed by atoms with van der Waals surface area (Å²) in [5.74, 6) is -5.59. The third-order valence-corrected chi connectivity index (χ3v) is 10.1. The third kappa shape index (κ3) is 17.3. The Kier molecular flexibility index (Phi) is 19.9. The molecule has 19 nitrogen and oxygen atoms in total. The van der Waals surface area contributed by atoms with Gasteiger partial charge in [-0.05, 0) is 66.8 Å². The first-order valence-corrected chi connectivity index (χ1v) is 21.2. The lowest BCUT2D eigenvalue weighted by atomic mass is 10.00. The second kappa shape index (κ2) is 25.7. The summed E-state index contributed by atoms with van der Waals surface area (Å²) < 4.78 is 10.7. The van der Waals surface area contributed by atoms with Crippen LogP contribution in [-0.2, 0) is 57.9 Å². The average Bonchev–Trinajstić information content (AvgIpc) is 3.27. The topological polar surface area (TPSA) is 295 Å². The molecule has 3 aromatic rings. The lowest BCUT2D eigenvalue weighted by Crippen LogP contribution is -2.59. The summed E-state index contributed by atoms with van der Waals surface area (Å²) >= 11 is 0. The number of nitrogens with zero attached hydrogens (tertiary/aromatic N) is 1. The minimum absolute atomic E-state index is 0.00207. The van der Waals surface area contributed by atoms with Gasteiger partial charge in [0.2, 0.25) is 29.5 Å². The van der Waals surface area contributed by atoms with Gasteiger partial charge in [0.1, 0.15) is 49.2 Å². The number of unbranched alkanes of at least 4 members (excludes halogenated alkanes) is 1. The van der Waals surface area contributed by atoms with Gasteiger partial charge in [0.25, 0.3) is 0 Å². The Morgan fingerprint density at radius 3 is 1.73 bits per heavy atom. The molecule has 0 unspecified atom stereocenters. The van der Waals surface area contributed by atoms with Gasteiger partial charge in [-0.3, -0.25) is 33.8 Å². The fourth-order valence-electron chi connectivity index (χ4n) is 6.60. The van der Waals surface area contributed by atoms with Gasteiger partial charge >= 0.3 is 12.1 Å². The molecular weight excluding hydrogens is 827 g/mol. The van der Waals surface area contributed by atoms with Crippen LogP contribution < -0.4 is 43.4 Å². The summed E-state index contributed by atoms with van der Waals surface area (Å²) in [6.45, 7) is 3.55. The summed E-state index contributed by atoms with van der Waals surface area (Å²) in [6.07, 6.45) is -0.522. The van der Waals surface area contributed by atoms with Crippen molar-refractivity contribution in [1.29, 1.82) is 0 Å². The van der Waals surface area contributed by atoms with E-state index in [1.165, 1.54) is 12.1 Å². The second-order valence-electron chi connectivity index (χ2n) is 15.6. The molecule has 11 N–H and O–H groups in total. The number of hydrogen-bond acceptors (Lipinski definition) is 11. The summed E-state index contributed by atoms with van der Waals surface area (Å²) in [6, 6.07) is 17.2. The minimum Gasteiger partial charge on any atom is -0.508 e. The predicted molar refractivity (Wildman–Crippen MR) is 236 cm³/mol. The van der Waals surface area contributed by atoms with Crippen molar-refractivity contribution in [3.05, 3.63) is 102 Å². The zero-order valence-electron chi connectivity index (χ0n) is 36.0. The SMILES string of the molecule is CC(C)[C@@H]1NC(=O)[C@H](CC(=O)OCc2ccccc2)NC(=O)[C@H](CCCCNC(=O)OCc2ccccc2)NC(=O)[C@H](CCCN=C(N)N)NC(=O)[C@@H](Cc2ccc(O)cc2)NC1=O. The lowest BCUT2D eigenvalue weighted by Gasteiger charge is -2.27. The second-order valence-corrected chi connectivity index (χ2v) is 15.6. The first kappa shape index (κ1) is 49.5. The maximum atomic E-state index is 14.2. The number of carbonyl (C=O) groups is 7. The molecule has 0 bridgehead atoms. The smallest absolute Gasteiger partial charge is 0.407 e. The van der Waals surface area contributed by atoms with E-state index in [2.05, 4.69) is 36.9 Å². The fourth-order valence-corrected chi connectivity index (χ4v) is 6.60. The van der Waals surface area contributed by atoms with Crippen LogP contribution in [0, 0.1) is 5.92 Å². The van der Waals surface area contributed by atoms with Gasteiger partial charge in [0, 0.05) is 19.5 Å². The number of guanidine groups is 1. The van der Waals surface area contributed by atoms with E-state index >= 15 is 0 Å². The van der Waals surface area contributed by atoms with E-state index in [-0.39, 0.29) is 70.1 Å². The number of phenolic OH excluding ortho intramolecular Hbond substituents is 1. The molecule has 1 fully saturated rings. The highest BCUT2D eigenvalue weighted by Crippen LogP contribution is 2.15. The molecule has 1 saturated heterocycles. The van der Waals surface area contributed by atoms with Crippen LogP contribution in [0.5, 0.6) is 5.75 Å². The number of rotatable bonds is 18. The highest BCUT2D eigenvalue weighted by atomic mass is 16.5. The van der Waals surface area contributed by atoms with Crippen LogP contribution in [0.25, 0.3) is 0 Å². The molecule has 5 atom stereocenters. The normalized spacial score (nSPS) is 19.6. The van der Waals surface area contributed by atoms with Crippen molar-refractivity contribution in [3.63, 3.8) is 0 Å². The molecule has 0 spiro atoms. The van der Waals surface area contributed by atoms with Gasteiger partial charge in [0.15, 0.2) is 5.96 Å². The number of hydrogen-bond donors (Lipinski definition) is 9. The standard InChI is InChI=1S/C45H59N9O10/c1-28(2)38-43(61)53-35(24-29-18-20-32(55)21-19-29)41(59)51-34(17-11-23-48-44(46)47)39(57)50-33(16-9-10-22-49-45(62)64-27-31-14-7-4-8-15-31)40(58)52-36(42(60)54-38)25-37(56)63-26-30-12-5-3-6-13-30/h3-8,12-15,18-21,28,33-36,38,55H,9-11,16-17,22-27H2,1-2H3,(H,49,62)(H,50,57)(H,51,59)(H,52,58)(H,53,61)(H,54,60)(H4,46,47,48)/t33-,34-,35+,36-,38-/m0/s1. The van der Waals surface area contributed by atoms with Crippen LogP contribution in [0.2, 0.25) is 0 Å². The Morgan fingerprint density at radius 1 is 0.641 bits per heavy atom. The first-order valence-electron chi connectivity index (χ1n) is 21.2. The van der Waals surface area contributed by atoms with Crippen molar-refractivity contribution in [2.24, 2.45) is 22.4 Å². The van der Waals surface area contributed by atoms with E-state index in [4.69, 9.17) is 20.9 Å². The van der Waals surface area contributed by atoms with E-state index in [0.717, 1.165) is 5.56 Å². The highest BCUT2D eigenvalue weighted by Gasteiger charge is 2.36. The van der Waals surface area contributed by atoms with Crippen LogP contribution in [-0.4, -0.2) is 96.0 Å². The molecule has 64 heavy (non-hydrogen) atoms. The zero-order chi connectivity index (χ0) is 46.4. The van der Waals surface area contributed by atoms with Crippen LogP contribution in [0.4, 0.5) is 4.79 Å². The number of amides is 6. The number of nitrogens with one attached hydrogen (secondary N) is 6. The Labute approximate surface area is 371 Å². The van der Waals surface area contributed by atoms with E-state index in [9.17, 15) is 38.7 Å². The lowest BCUT2D eigenvalue weighted by molar-refractivity contribution is -0.147. The Hall–Kier alpha value is -7.18. The maximum absolute atomic E-state index is 14.2. The average molecular weight is 886 g/mol. The molecule has 6 amide bonds. The van der Waals surface area contributed by atoms with Gasteiger partial charge in [-0.15, -0.1) is 0 Å². The third-order valence-electron chi connectivity index (χ3n) is 10.1. The molecule has 0 saturated carbocycles. The van der Waals surface area contributed by atoms with Crippen molar-refractivity contribution in [2.45, 2.75) is 102 Å². The van der Waals surface area contributed by atoms with Crippen LogP contribution in [0.3, 0.4) is 0 Å². The number of nitrogens with two attached hydrogens (primary N) is 2. The molecule has 19 heteroatoms. The largest absolute Gasteiger partial charge is 0.508 e. The van der Waals surface area contributed by atoms with Gasteiger partial charge in [-0.1, -0.05) is 86.6 Å². The Balaban J connectivity index is 1.62. The van der Waals surface area contributed by atoms with E-state index in [1.54, 1.807) is 56.3 Å². The maximum Gasteiger partial charge on any atom is 0.407 e. The van der Waals surface area contributed by atoms with Gasteiger partial charge in [-0.2, -0.15) is 0 Å². The minimum atomic E-state index is -1.57. The van der Waals surface area contributed by atoms with Gasteiger partial charge < -0.3 is 57.9 Å². The fraction of sp³-hybridized carbons (Fsp3) is 0.422. The number of benzene rings is 3. The molecule has 0 aliphatic carbocycles. The van der Waals surface area contributed by atoms with Crippen molar-refractivity contribution in [2.75, 3.05) is 13.1 Å². The first-order chi connectivity index (χ1) is 30.7. The van der Waals surface area contributed by atoms with Crippen molar-refractivity contribution in [3.8, 4) is 5.75 Å². The molecule has 1 aliphatic rings. The predicted octanol–water partition coefficient (Wildman–Crippen LogP) is 1.31. The van der Waals surface area contributed by atoms with E-state index in [1.807, 2.05) is 30.3 Å². The molecule has 344 valence electrons. The summed E-state index contributed by atoms with van der Waals surface area (Å²) in [4.78, 5) is 100. The quantitative estimate of drug-likeness (QED) is 0.0378. The zero-order valence-corrected chi connectivity index (χ0v) is 36.0. The summed E-state index contributed by atoms with van der Waals surface area (Å²) in [5.41, 5.74) is 13.1. The van der Waals surface area contributed by atoms with Crippen molar-refractivity contribution < 1.29 is 48.1 Å². The number of esters is 1. The Morgan fingerprint density at radius 2 is 1.16 bits per heavy atom. The molecule has 0 aromatic heterocycles. The van der Waals surface area contributed by atoms with Crippen LogP contribution in [0.15, 0.2) is 89.9 Å². The highest BCUT2D eigenvalue weighted by molar-refractivity contribution is 5.99. The molecule has 1 aliphatic heterocycles. The number of alkyl carbamates (subject to hydrolysis) is 1. The van der Waals surface area contributed by atoms with Crippen LogP contribution in [0.1, 0.15) is 69.1 Å². The van der Waals surface area contributed by atoms with Crippen molar-refractivity contribution >= 4 is 47.6 Å². The molecular formula is C45H59N9O10. The van der Waals surface area contributed by atoms with Gasteiger partial charge in [-0.25, -0.2) is 4.79 Å². The molecule has 1 heterocycles. The van der Waals surface area contributed by atoms with E-state index in [0.29, 0.717) is 17.5 Å². The number of carbonyl (C=O) groups excluding carboxylic acids is 7. The number of aromatic hydroxyl groups is 1. The van der Waals surface area contributed by atoms with Crippen molar-refractivity contribution in [1.82, 2.24) is 31.9 Å². The summed E-state index contributed by atoms with van der Waals surface area (Å²) in [7, 11) is 0.